The topological polar surface area (TPSA) is 72.6 Å². The third-order valence-electron chi connectivity index (χ3n) is 2.47. The van der Waals surface area contributed by atoms with E-state index in [2.05, 4.69) is 0 Å². The number of benzene rings is 2. The number of aryl methyl sites for hydroxylation is 1. The smallest absolute Gasteiger partial charge is 0.252 e. The van der Waals surface area contributed by atoms with Crippen LogP contribution in [0.1, 0.15) is 15.9 Å². The highest BCUT2D eigenvalue weighted by molar-refractivity contribution is 6.30. The van der Waals surface area contributed by atoms with Crippen LogP contribution in [-0.2, 0) is 0 Å². The Hall–Kier alpha value is -2.20. The van der Waals surface area contributed by atoms with Crippen LogP contribution >= 0.6 is 11.6 Å². The van der Waals surface area contributed by atoms with Crippen LogP contribution in [0.25, 0.3) is 0 Å². The van der Waals surface area contributed by atoms with Crippen molar-refractivity contribution in [3.63, 3.8) is 0 Å². The van der Waals surface area contributed by atoms with Gasteiger partial charge in [0.2, 0.25) is 0 Å². The number of halogens is 1. The van der Waals surface area contributed by atoms with Crippen LogP contribution in [0.2, 0.25) is 5.02 Å². The number of nitrogens with two attached hydrogens (primary N) is 1. The van der Waals surface area contributed by atoms with Gasteiger partial charge < -0.3 is 15.6 Å². The van der Waals surface area contributed by atoms with E-state index in [9.17, 15) is 9.90 Å². The first-order valence-electron chi connectivity index (χ1n) is 5.53. The molecule has 0 aromatic heterocycles. The van der Waals surface area contributed by atoms with Gasteiger partial charge in [0.25, 0.3) is 5.91 Å². The summed E-state index contributed by atoms with van der Waals surface area (Å²) < 4.78 is 5.57. The molecule has 0 bridgehead atoms. The Morgan fingerprint density at radius 3 is 2.63 bits per heavy atom. The van der Waals surface area contributed by atoms with E-state index in [0.29, 0.717) is 10.8 Å². The lowest BCUT2D eigenvalue weighted by Gasteiger charge is -2.10. The van der Waals surface area contributed by atoms with Gasteiger partial charge in [0.15, 0.2) is 0 Å². The molecular weight excluding hydrogens is 266 g/mol. The van der Waals surface area contributed by atoms with Gasteiger partial charge in [0.05, 0.1) is 5.56 Å². The van der Waals surface area contributed by atoms with Gasteiger partial charge in [0.1, 0.15) is 17.2 Å². The first-order chi connectivity index (χ1) is 8.95. The number of rotatable bonds is 3. The molecule has 0 radical (unpaired) electrons. The minimum atomic E-state index is -0.608. The normalized spacial score (nSPS) is 10.2. The summed E-state index contributed by atoms with van der Waals surface area (Å²) in [5.41, 5.74) is 6.33. The van der Waals surface area contributed by atoms with Gasteiger partial charge in [0, 0.05) is 17.2 Å². The van der Waals surface area contributed by atoms with Crippen molar-refractivity contribution in [3.8, 4) is 17.2 Å². The second kappa shape index (κ2) is 5.20. The molecule has 4 nitrogen and oxygen atoms in total. The van der Waals surface area contributed by atoms with Gasteiger partial charge >= 0.3 is 0 Å². The van der Waals surface area contributed by atoms with Crippen LogP contribution < -0.4 is 10.5 Å². The molecule has 0 unspecified atom stereocenters. The zero-order valence-electron chi connectivity index (χ0n) is 10.2. The quantitative estimate of drug-likeness (QED) is 0.904. The molecule has 0 aliphatic rings. The number of carbonyl (C=O) groups is 1. The molecule has 0 fully saturated rings. The minimum absolute atomic E-state index is 0.0812. The molecular formula is C14H12ClNO3. The predicted molar refractivity (Wildman–Crippen MR) is 72.9 cm³/mol. The number of ether oxygens (including phenoxy) is 1. The van der Waals surface area contributed by atoms with Gasteiger partial charge in [-0.2, -0.15) is 0 Å². The van der Waals surface area contributed by atoms with Gasteiger partial charge in [-0.05, 0) is 36.8 Å². The van der Waals surface area contributed by atoms with E-state index in [1.807, 2.05) is 6.92 Å². The van der Waals surface area contributed by atoms with E-state index in [1.54, 1.807) is 18.2 Å². The zero-order chi connectivity index (χ0) is 14.0. The number of phenols is 1. The lowest BCUT2D eigenvalue weighted by Crippen LogP contribution is -2.12. The summed E-state index contributed by atoms with van der Waals surface area (Å²) >= 11 is 5.87. The monoisotopic (exact) mass is 277 g/mol. The SMILES string of the molecule is Cc1cc(O)cc(Oc2cc(Cl)ccc2C(N)=O)c1. The fourth-order valence-electron chi connectivity index (χ4n) is 1.70. The van der Waals surface area contributed by atoms with Crippen molar-refractivity contribution in [2.45, 2.75) is 6.92 Å². The Morgan fingerprint density at radius 2 is 2.00 bits per heavy atom. The number of aromatic hydroxyl groups is 1. The molecule has 2 aromatic rings. The third-order valence-corrected chi connectivity index (χ3v) is 2.71. The van der Waals surface area contributed by atoms with Gasteiger partial charge in [-0.1, -0.05) is 11.6 Å². The van der Waals surface area contributed by atoms with Gasteiger partial charge in [-0.25, -0.2) is 0 Å². The van der Waals surface area contributed by atoms with E-state index in [4.69, 9.17) is 22.1 Å². The van der Waals surface area contributed by atoms with Crippen molar-refractivity contribution in [1.29, 1.82) is 0 Å². The molecule has 1 amide bonds. The standard InChI is InChI=1S/C14H12ClNO3/c1-8-4-10(17)7-11(5-8)19-13-6-9(15)2-3-12(13)14(16)18/h2-7,17H,1H3,(H2,16,18). The van der Waals surface area contributed by atoms with Crippen molar-refractivity contribution in [2.75, 3.05) is 0 Å². The fraction of sp³-hybridized carbons (Fsp3) is 0.0714. The molecule has 98 valence electrons. The Labute approximate surface area is 115 Å². The maximum Gasteiger partial charge on any atom is 0.252 e. The predicted octanol–water partition coefficient (Wildman–Crippen LogP) is 3.25. The molecule has 0 spiro atoms. The number of phenolic OH excluding ortho intramolecular Hbond substituents is 1. The fourth-order valence-corrected chi connectivity index (χ4v) is 1.86. The van der Waals surface area contributed by atoms with E-state index in [0.717, 1.165) is 5.56 Å². The second-order valence-corrected chi connectivity index (χ2v) is 4.55. The molecule has 3 N–H and O–H groups in total. The maximum absolute atomic E-state index is 11.3. The third kappa shape index (κ3) is 3.17. The van der Waals surface area contributed by atoms with E-state index in [1.165, 1.54) is 18.2 Å². The molecule has 0 aliphatic heterocycles. The number of carbonyl (C=O) groups excluding carboxylic acids is 1. The summed E-state index contributed by atoms with van der Waals surface area (Å²) in [5.74, 6) is 0.133. The Kier molecular flexibility index (Phi) is 3.62. The number of primary amides is 1. The van der Waals surface area contributed by atoms with Crippen LogP contribution in [-0.4, -0.2) is 11.0 Å². The largest absolute Gasteiger partial charge is 0.508 e. The molecule has 19 heavy (non-hydrogen) atoms. The van der Waals surface area contributed by atoms with Gasteiger partial charge in [-0.15, -0.1) is 0 Å². The second-order valence-electron chi connectivity index (χ2n) is 4.11. The van der Waals surface area contributed by atoms with Crippen molar-refractivity contribution < 1.29 is 14.6 Å². The zero-order valence-corrected chi connectivity index (χ0v) is 10.9. The molecule has 2 rings (SSSR count). The summed E-state index contributed by atoms with van der Waals surface area (Å²) in [7, 11) is 0. The number of hydrogen-bond acceptors (Lipinski definition) is 3. The van der Waals surface area contributed by atoms with Crippen LogP contribution in [0.3, 0.4) is 0 Å². The summed E-state index contributed by atoms with van der Waals surface area (Å²) in [6.45, 7) is 1.82. The van der Waals surface area contributed by atoms with Crippen molar-refractivity contribution >= 4 is 17.5 Å². The van der Waals surface area contributed by atoms with Crippen molar-refractivity contribution in [3.05, 3.63) is 52.5 Å². The molecule has 0 heterocycles. The molecule has 0 aliphatic carbocycles. The first kappa shape index (κ1) is 13.2. The van der Waals surface area contributed by atoms with E-state index < -0.39 is 5.91 Å². The maximum atomic E-state index is 11.3. The summed E-state index contributed by atoms with van der Waals surface area (Å²) in [5, 5.41) is 9.93. The van der Waals surface area contributed by atoms with Crippen LogP contribution in [0.15, 0.2) is 36.4 Å². The lowest BCUT2D eigenvalue weighted by molar-refractivity contribution is 0.0998. The summed E-state index contributed by atoms with van der Waals surface area (Å²) in [6, 6.07) is 9.32. The van der Waals surface area contributed by atoms with Crippen molar-refractivity contribution in [2.24, 2.45) is 5.73 Å². The van der Waals surface area contributed by atoms with Crippen LogP contribution in [0.4, 0.5) is 0 Å². The minimum Gasteiger partial charge on any atom is -0.508 e. The molecule has 0 saturated heterocycles. The average molecular weight is 278 g/mol. The molecule has 0 atom stereocenters. The van der Waals surface area contributed by atoms with E-state index in [-0.39, 0.29) is 17.1 Å². The Morgan fingerprint density at radius 1 is 1.26 bits per heavy atom. The highest BCUT2D eigenvalue weighted by Crippen LogP contribution is 2.30. The Balaban J connectivity index is 2.42. The summed E-state index contributed by atoms with van der Waals surface area (Å²) in [4.78, 5) is 11.3. The number of hydrogen-bond donors (Lipinski definition) is 2. The average Bonchev–Trinajstić information content (AvgIpc) is 2.26. The molecule has 5 heteroatoms. The van der Waals surface area contributed by atoms with Gasteiger partial charge in [-0.3, -0.25) is 4.79 Å². The van der Waals surface area contributed by atoms with Crippen molar-refractivity contribution in [1.82, 2.24) is 0 Å². The van der Waals surface area contributed by atoms with Crippen LogP contribution in [0.5, 0.6) is 17.2 Å². The van der Waals surface area contributed by atoms with Crippen LogP contribution in [0, 0.1) is 6.92 Å². The molecule has 0 saturated carbocycles. The lowest BCUT2D eigenvalue weighted by atomic mass is 10.2. The first-order valence-corrected chi connectivity index (χ1v) is 5.91. The van der Waals surface area contributed by atoms with E-state index >= 15 is 0 Å². The molecule has 2 aromatic carbocycles. The summed E-state index contributed by atoms with van der Waals surface area (Å²) in [6.07, 6.45) is 0. The highest BCUT2D eigenvalue weighted by atomic mass is 35.5. The Bertz CT molecular complexity index is 620. The number of amides is 1. The highest BCUT2D eigenvalue weighted by Gasteiger charge is 2.11.